The maximum absolute atomic E-state index is 12.8. The normalized spacial score (nSPS) is 14.7. The van der Waals surface area contributed by atoms with Crippen LogP contribution in [0.5, 0.6) is 0 Å². The fourth-order valence-corrected chi connectivity index (χ4v) is 103. The molecule has 0 aromatic rings. The molecule has 0 aromatic carbocycles. The predicted octanol–water partition coefficient (Wildman–Crippen LogP) is 19.9. The smallest absolute Gasteiger partial charge is 0.462 e. The summed E-state index contributed by atoms with van der Waals surface area (Å²) >= 11 is 0. The SMILES string of the molecule is C=C(C)C(=O)OCCC[Si](C)(C)O[Si](C)(C)O[Si](C)(C)C.C=C(C)C(=O)OCCC[Si](O[SiH](C)C)(O[SiH](C)C)O[Si](C)(C)C.C=C(C)C(=O)OCCC[Si](O[SiH](C)CC[Si](O[SiH](C)C)(O[Si](C)(C)C)O[Si](C)(C)C)(O[Si](C)(C)CC[Si](O[SiH](C)C)(O[SiH](C)C)O[SiH](C)C)O[Si](C)(C)CC[Si](O[Si](C)(C)C)(O[Si](C)(C)C)O[Si](C)(C)C. The topological polar surface area (TPSA) is 236 Å². The van der Waals surface area contributed by atoms with E-state index in [1.165, 1.54) is 0 Å². The van der Waals surface area contributed by atoms with Crippen LogP contribution in [0.1, 0.15) is 40.0 Å². The summed E-state index contributed by atoms with van der Waals surface area (Å²) in [4.78, 5) is 35.6. The van der Waals surface area contributed by atoms with E-state index >= 15 is 0 Å². The van der Waals surface area contributed by atoms with Gasteiger partial charge in [0, 0.05) is 46.9 Å². The van der Waals surface area contributed by atoms with Crippen LogP contribution in [0.3, 0.4) is 0 Å². The molecule has 0 rings (SSSR count). The highest BCUT2D eigenvalue weighted by Crippen LogP contribution is 2.39. The number of hydrogen-bond donors (Lipinski definition) is 0. The van der Waals surface area contributed by atoms with Crippen molar-refractivity contribution < 1.29 is 98.6 Å². The third-order valence-corrected chi connectivity index (χ3v) is 86.8. The molecule has 0 aliphatic carbocycles. The molecule has 115 heavy (non-hydrogen) atoms. The van der Waals surface area contributed by atoms with Crippen LogP contribution in [0, 0.1) is 0 Å². The Balaban J connectivity index is -0.00000229. The molecule has 0 heterocycles. The molecule has 0 spiro atoms. The van der Waals surface area contributed by atoms with E-state index in [0.717, 1.165) is 30.6 Å². The van der Waals surface area contributed by atoms with Crippen LogP contribution in [-0.4, -0.2) is 237 Å². The van der Waals surface area contributed by atoms with Crippen LogP contribution >= 0.6 is 0 Å². The molecular formula is C69H178O23Si23. The highest BCUT2D eigenvalue weighted by Gasteiger charge is 2.57. The molecule has 46 heteroatoms. The van der Waals surface area contributed by atoms with Crippen LogP contribution in [0.2, 0.25) is 329 Å². The number of rotatable bonds is 58. The molecule has 2 unspecified atom stereocenters. The summed E-state index contributed by atoms with van der Waals surface area (Å²) < 4.78 is 135. The van der Waals surface area contributed by atoms with Crippen molar-refractivity contribution >= 4 is 217 Å². The van der Waals surface area contributed by atoms with Crippen LogP contribution in [0.4, 0.5) is 0 Å². The average Bonchev–Trinajstić information content (AvgIpc) is 0.787. The summed E-state index contributed by atoms with van der Waals surface area (Å²) in [6.07, 6.45) is 2.03. The Morgan fingerprint density at radius 3 is 0.748 bits per heavy atom. The fraction of sp³-hybridized carbons (Fsp3) is 0.870. The van der Waals surface area contributed by atoms with Gasteiger partial charge < -0.3 is 84.2 Å². The number of hydrogen-bond acceptors (Lipinski definition) is 23. The lowest BCUT2D eigenvalue weighted by Crippen LogP contribution is -2.63. The molecule has 0 radical (unpaired) electrons. The lowest BCUT2D eigenvalue weighted by atomic mass is 10.4. The van der Waals surface area contributed by atoms with Gasteiger partial charge in [-0.1, -0.05) is 19.7 Å². The predicted molar refractivity (Wildman–Crippen MR) is 541 cm³/mol. The van der Waals surface area contributed by atoms with Crippen LogP contribution in [0.15, 0.2) is 36.5 Å². The van der Waals surface area contributed by atoms with Crippen LogP contribution in [0.25, 0.3) is 0 Å². The van der Waals surface area contributed by atoms with Gasteiger partial charge in [-0.3, -0.25) is 0 Å². The highest BCUT2D eigenvalue weighted by atomic mass is 28.5. The summed E-state index contributed by atoms with van der Waals surface area (Å²) in [6, 6.07) is 6.46. The second-order valence-electron chi connectivity index (χ2n) is 41.4. The van der Waals surface area contributed by atoms with E-state index in [1.54, 1.807) is 20.8 Å². The molecule has 0 amide bonds. The van der Waals surface area contributed by atoms with Gasteiger partial charge in [0.25, 0.3) is 0 Å². The summed E-state index contributed by atoms with van der Waals surface area (Å²) in [6.45, 7) is 110. The zero-order valence-corrected chi connectivity index (χ0v) is 106. The molecule has 0 saturated carbocycles. The van der Waals surface area contributed by atoms with Crippen molar-refractivity contribution in [2.45, 2.75) is 369 Å². The Kier molecular flexibility index (Phi) is 54.5. The van der Waals surface area contributed by atoms with Gasteiger partial charge in [-0.2, -0.15) is 0 Å². The number of carbonyl (C=O) groups is 3. The Bertz CT molecular complexity index is 2780. The first-order chi connectivity index (χ1) is 51.1. The maximum Gasteiger partial charge on any atom is 0.469 e. The molecule has 0 saturated heterocycles. The van der Waals surface area contributed by atoms with Crippen molar-refractivity contribution in [3.63, 3.8) is 0 Å². The minimum atomic E-state index is -3.65. The minimum Gasteiger partial charge on any atom is -0.462 e. The van der Waals surface area contributed by atoms with E-state index in [9.17, 15) is 14.4 Å². The molecule has 0 aromatic heterocycles. The lowest BCUT2D eigenvalue weighted by molar-refractivity contribution is -0.139. The second-order valence-corrected chi connectivity index (χ2v) is 125. The summed E-state index contributed by atoms with van der Waals surface area (Å²) in [7, 11) is -49.8. The van der Waals surface area contributed by atoms with Crippen LogP contribution < -0.4 is 0 Å². The van der Waals surface area contributed by atoms with E-state index in [0.29, 0.717) is 73.0 Å². The van der Waals surface area contributed by atoms with Crippen molar-refractivity contribution in [3.8, 4) is 0 Å². The van der Waals surface area contributed by atoms with E-state index in [2.05, 4.69) is 295 Å². The Hall–Kier alpha value is 1.94. The van der Waals surface area contributed by atoms with Crippen molar-refractivity contribution in [2.75, 3.05) is 19.8 Å². The van der Waals surface area contributed by atoms with Gasteiger partial charge in [-0.15, -0.1) is 0 Å². The van der Waals surface area contributed by atoms with Crippen molar-refractivity contribution in [1.82, 2.24) is 0 Å². The quantitative estimate of drug-likeness (QED) is 0.0181. The largest absolute Gasteiger partial charge is 0.469 e. The van der Waals surface area contributed by atoms with Gasteiger partial charge in [0.2, 0.25) is 0 Å². The number of ether oxygens (including phenoxy) is 3. The minimum absolute atomic E-state index is 0.199. The van der Waals surface area contributed by atoms with Gasteiger partial charge in [0.05, 0.1) is 19.8 Å². The van der Waals surface area contributed by atoms with Crippen molar-refractivity contribution in [3.05, 3.63) is 36.5 Å². The standard InChI is InChI=1S/C41H112O14Si16.C14H34O5Si4.C14H32O4Si3/c1-40(2)41(42)43-32-31-34-69(54-66(27,28)36-38-68(44-56(3)4,45-57(5)6)46-58(7)8,48-60(11)33-35-70(47-59(9)10,49-61(12,13)14)50-62(15,16)17)55-67(29,30)37-39-71(51-63(18,19)20,52-64(21,22)23)53-65(24,25)26;1-13(2)14(15)16-11-10-12-23(17-20(3)4,18-21(5)6)19-22(7,8)9;1-13(2)14(15)16-11-10-12-20(6,7)18-21(8,9)17-19(3,4)5/h56-60H,1,31-39H2,2-30H3;20-21H,1,10-12H2,2-9H3;1,10-12H2,2-9H3. The molecule has 0 N–H and O–H groups in total. The molecule has 0 aliphatic heterocycles. The van der Waals surface area contributed by atoms with Gasteiger partial charge >= 0.3 is 70.5 Å². The fourth-order valence-electron chi connectivity index (χ4n) is 12.1. The highest BCUT2D eigenvalue weighted by molar-refractivity contribution is 6.94. The third kappa shape index (κ3) is 64.3. The third-order valence-electron chi connectivity index (χ3n) is 14.4. The lowest BCUT2D eigenvalue weighted by Gasteiger charge is -2.46. The number of esters is 3. The van der Waals surface area contributed by atoms with E-state index in [4.69, 9.17) is 84.2 Å². The maximum atomic E-state index is 12.8. The number of carbonyl (C=O) groups excluding carboxylic acids is 3. The van der Waals surface area contributed by atoms with Gasteiger partial charge in [-0.25, -0.2) is 14.4 Å². The molecule has 2 atom stereocenters. The Morgan fingerprint density at radius 2 is 0.470 bits per heavy atom. The molecule has 23 nitrogen and oxygen atoms in total. The second kappa shape index (κ2) is 51.8. The average molecular weight is 2020 g/mol. The molecule has 0 aliphatic rings. The summed E-state index contributed by atoms with van der Waals surface area (Å²) in [5.74, 6) is -1.06. The van der Waals surface area contributed by atoms with Gasteiger partial charge in [0.15, 0.2) is 146 Å². The van der Waals surface area contributed by atoms with Gasteiger partial charge in [-0.05, 0) is 339 Å². The molecule has 0 fully saturated rings. The van der Waals surface area contributed by atoms with E-state index < -0.39 is 205 Å². The first-order valence-corrected chi connectivity index (χ1v) is 107. The zero-order valence-electron chi connectivity index (χ0n) is 82.2. The monoisotopic (exact) mass is 2020 g/mol. The van der Waals surface area contributed by atoms with E-state index in [1.807, 2.05) is 0 Å². The zero-order chi connectivity index (χ0) is 91.3. The van der Waals surface area contributed by atoms with Crippen LogP contribution in [-0.2, 0) is 98.6 Å². The first-order valence-electron chi connectivity index (χ1n) is 42.3. The summed E-state index contributed by atoms with van der Waals surface area (Å²) in [5.41, 5.74) is 1.23. The Labute approximate surface area is 734 Å². The van der Waals surface area contributed by atoms with E-state index in [-0.39, 0.29) is 18.5 Å². The van der Waals surface area contributed by atoms with Crippen molar-refractivity contribution in [2.24, 2.45) is 0 Å². The molecular weight excluding hydrogens is 1840 g/mol. The molecule has 0 bridgehead atoms. The first kappa shape index (κ1) is 121. The summed E-state index contributed by atoms with van der Waals surface area (Å²) in [5, 5.41) is 0. The van der Waals surface area contributed by atoms with Gasteiger partial charge in [0.1, 0.15) is 0 Å². The Morgan fingerprint density at radius 1 is 0.243 bits per heavy atom. The van der Waals surface area contributed by atoms with Crippen molar-refractivity contribution in [1.29, 1.82) is 0 Å². The molecule has 684 valence electrons.